The Bertz CT molecular complexity index is 905. The number of rotatable bonds is 3. The van der Waals surface area contributed by atoms with Gasteiger partial charge in [-0.1, -0.05) is 12.1 Å². The Kier molecular flexibility index (Phi) is 7.53. The second-order valence-corrected chi connectivity index (χ2v) is 8.38. The van der Waals surface area contributed by atoms with Crippen LogP contribution in [0.1, 0.15) is 53.9 Å². The fraction of sp³-hybridized carbons (Fsp3) is 0.619. The van der Waals surface area contributed by atoms with E-state index < -0.39 is 30.0 Å². The van der Waals surface area contributed by atoms with Crippen LogP contribution in [-0.4, -0.2) is 65.6 Å². The van der Waals surface area contributed by atoms with Crippen molar-refractivity contribution in [2.24, 2.45) is 10.2 Å². The molecule has 1 unspecified atom stereocenters. The van der Waals surface area contributed by atoms with Crippen LogP contribution in [0.25, 0.3) is 0 Å². The molecule has 1 aromatic rings. The van der Waals surface area contributed by atoms with Gasteiger partial charge in [-0.15, -0.1) is 10.2 Å². The van der Waals surface area contributed by atoms with E-state index in [1.165, 1.54) is 10.5 Å². The smallest absolute Gasteiger partial charge is 0.475 e. The van der Waals surface area contributed by atoms with Crippen LogP contribution >= 0.6 is 0 Å². The highest BCUT2D eigenvalue weighted by molar-refractivity contribution is 5.94. The molecule has 2 N–H and O–H groups in total. The molecule has 2 saturated heterocycles. The number of aliphatic carboxylic acids is 1. The minimum atomic E-state index is -5.08. The minimum absolute atomic E-state index is 0.269. The van der Waals surface area contributed by atoms with Crippen molar-refractivity contribution in [1.29, 1.82) is 0 Å². The third-order valence-corrected chi connectivity index (χ3v) is 6.17. The number of alkyl halides is 6. The molecule has 3 aliphatic rings. The summed E-state index contributed by atoms with van der Waals surface area (Å²) in [5.74, 6) is -2.65. The standard InChI is InChI=1S/C19H23F3N4O.C2HF3O2/c20-19(21,22)18(24-25-18)16-3-1-2-12-26(16)17(27)15-6-4-13(5-7-15)14-8-10-23-11-9-14;3-2(4,5)1(6)7/h4-7,14,16,23H,1-3,8-12H2;(H,6,7). The molecule has 0 aliphatic carbocycles. The maximum Gasteiger partial charge on any atom is 0.490 e. The molecule has 13 heteroatoms. The zero-order chi connectivity index (χ0) is 25.1. The molecule has 1 atom stereocenters. The van der Waals surface area contributed by atoms with Crippen molar-refractivity contribution in [1.82, 2.24) is 10.2 Å². The number of benzene rings is 1. The number of halogens is 6. The lowest BCUT2D eigenvalue weighted by Crippen LogP contribution is -2.56. The van der Waals surface area contributed by atoms with E-state index in [1.807, 2.05) is 12.1 Å². The number of carboxylic acid groups (broad SMARTS) is 1. The molecular formula is C21H24F6N4O3. The van der Waals surface area contributed by atoms with Crippen LogP contribution < -0.4 is 5.32 Å². The first-order valence-electron chi connectivity index (χ1n) is 10.8. The van der Waals surface area contributed by atoms with E-state index in [2.05, 4.69) is 15.5 Å². The summed E-state index contributed by atoms with van der Waals surface area (Å²) in [5.41, 5.74) is -0.808. The van der Waals surface area contributed by atoms with Crippen molar-refractivity contribution in [2.45, 2.75) is 62.1 Å². The van der Waals surface area contributed by atoms with E-state index in [-0.39, 0.29) is 12.3 Å². The summed E-state index contributed by atoms with van der Waals surface area (Å²) in [7, 11) is 0. The number of likely N-dealkylation sites (tertiary alicyclic amines) is 1. The average Bonchev–Trinajstić information content (AvgIpc) is 3.61. The highest BCUT2D eigenvalue weighted by Crippen LogP contribution is 2.50. The summed E-state index contributed by atoms with van der Waals surface area (Å²) in [6.07, 6.45) is -5.93. The number of piperidine rings is 2. The van der Waals surface area contributed by atoms with Gasteiger partial charge in [0.15, 0.2) is 0 Å². The normalized spacial score (nSPS) is 22.5. The lowest BCUT2D eigenvalue weighted by Gasteiger charge is -2.38. The van der Waals surface area contributed by atoms with Crippen molar-refractivity contribution in [3.8, 4) is 0 Å². The third kappa shape index (κ3) is 5.68. The van der Waals surface area contributed by atoms with Crippen LogP contribution in [0.15, 0.2) is 34.5 Å². The molecule has 7 nitrogen and oxygen atoms in total. The fourth-order valence-corrected chi connectivity index (χ4v) is 4.30. The topological polar surface area (TPSA) is 94.4 Å². The van der Waals surface area contributed by atoms with E-state index in [0.29, 0.717) is 30.9 Å². The number of carbonyl (C=O) groups is 2. The van der Waals surface area contributed by atoms with Gasteiger partial charge in [-0.05, 0) is 68.8 Å². The summed E-state index contributed by atoms with van der Waals surface area (Å²) in [6.45, 7) is 2.27. The predicted molar refractivity (Wildman–Crippen MR) is 107 cm³/mol. The highest BCUT2D eigenvalue weighted by Gasteiger charge is 2.70. The van der Waals surface area contributed by atoms with Gasteiger partial charge in [0.1, 0.15) is 0 Å². The van der Waals surface area contributed by atoms with Crippen molar-refractivity contribution < 1.29 is 41.0 Å². The van der Waals surface area contributed by atoms with Gasteiger partial charge in [-0.3, -0.25) is 4.79 Å². The molecule has 2 fully saturated rings. The monoisotopic (exact) mass is 494 g/mol. The molecule has 3 heterocycles. The Morgan fingerprint density at radius 1 is 0.971 bits per heavy atom. The largest absolute Gasteiger partial charge is 0.490 e. The Morgan fingerprint density at radius 2 is 1.53 bits per heavy atom. The third-order valence-electron chi connectivity index (χ3n) is 6.17. The van der Waals surface area contributed by atoms with Crippen LogP contribution in [0, 0.1) is 0 Å². The molecule has 0 aromatic heterocycles. The quantitative estimate of drug-likeness (QED) is 0.605. The molecule has 1 aromatic carbocycles. The SMILES string of the molecule is O=C(O)C(F)(F)F.O=C(c1ccc(C2CCNCC2)cc1)N1CCCCC1C1(C(F)(F)F)N=N1. The molecular weight excluding hydrogens is 470 g/mol. The van der Waals surface area contributed by atoms with E-state index in [0.717, 1.165) is 25.9 Å². The van der Waals surface area contributed by atoms with Crippen LogP contribution in [0.2, 0.25) is 0 Å². The number of hydrogen-bond acceptors (Lipinski definition) is 5. The van der Waals surface area contributed by atoms with Gasteiger partial charge in [0, 0.05) is 12.1 Å². The van der Waals surface area contributed by atoms with E-state index in [1.54, 1.807) is 12.1 Å². The Labute approximate surface area is 191 Å². The van der Waals surface area contributed by atoms with Crippen molar-refractivity contribution in [2.75, 3.05) is 19.6 Å². The van der Waals surface area contributed by atoms with E-state index >= 15 is 0 Å². The number of nitrogens with zero attached hydrogens (tertiary/aromatic N) is 3. The molecule has 3 aliphatic heterocycles. The zero-order valence-electron chi connectivity index (χ0n) is 18.0. The van der Waals surface area contributed by atoms with E-state index in [4.69, 9.17) is 9.90 Å². The summed E-state index contributed by atoms with van der Waals surface area (Å²) in [5, 5.41) is 17.1. The van der Waals surface area contributed by atoms with Crippen molar-refractivity contribution in [3.63, 3.8) is 0 Å². The summed E-state index contributed by atoms with van der Waals surface area (Å²) in [4.78, 5) is 23.2. The predicted octanol–water partition coefficient (Wildman–Crippen LogP) is 4.51. The molecule has 34 heavy (non-hydrogen) atoms. The van der Waals surface area contributed by atoms with Gasteiger partial charge >= 0.3 is 24.0 Å². The minimum Gasteiger partial charge on any atom is -0.475 e. The molecule has 0 radical (unpaired) electrons. The van der Waals surface area contributed by atoms with Gasteiger partial charge in [0.25, 0.3) is 5.91 Å². The molecule has 4 rings (SSSR count). The number of carbonyl (C=O) groups excluding carboxylic acids is 1. The van der Waals surface area contributed by atoms with Crippen LogP contribution in [0.5, 0.6) is 0 Å². The van der Waals surface area contributed by atoms with Gasteiger partial charge in [0.05, 0.1) is 6.04 Å². The van der Waals surface area contributed by atoms with Crippen LogP contribution in [0.3, 0.4) is 0 Å². The Hall–Kier alpha value is -2.70. The lowest BCUT2D eigenvalue weighted by molar-refractivity contribution is -0.192. The van der Waals surface area contributed by atoms with Crippen molar-refractivity contribution >= 4 is 11.9 Å². The second kappa shape index (κ2) is 9.88. The fourth-order valence-electron chi connectivity index (χ4n) is 4.30. The highest BCUT2D eigenvalue weighted by atomic mass is 19.4. The summed E-state index contributed by atoms with van der Waals surface area (Å²) in [6, 6.07) is 6.32. The lowest BCUT2D eigenvalue weighted by atomic mass is 9.89. The van der Waals surface area contributed by atoms with Crippen molar-refractivity contribution in [3.05, 3.63) is 35.4 Å². The Morgan fingerprint density at radius 3 is 2.00 bits per heavy atom. The molecule has 0 bridgehead atoms. The van der Waals surface area contributed by atoms with Crippen LogP contribution in [-0.2, 0) is 4.79 Å². The average molecular weight is 494 g/mol. The Balaban J connectivity index is 0.000000406. The molecule has 1 amide bonds. The summed E-state index contributed by atoms with van der Waals surface area (Å²) < 4.78 is 72.1. The molecule has 0 spiro atoms. The molecule has 0 saturated carbocycles. The first-order valence-corrected chi connectivity index (χ1v) is 10.8. The first kappa shape index (κ1) is 25.9. The first-order chi connectivity index (χ1) is 15.9. The maximum absolute atomic E-state index is 13.4. The number of amides is 1. The van der Waals surface area contributed by atoms with E-state index in [9.17, 15) is 31.1 Å². The van der Waals surface area contributed by atoms with Gasteiger partial charge in [-0.2, -0.15) is 26.3 Å². The molecule has 188 valence electrons. The van der Waals surface area contributed by atoms with Gasteiger partial charge < -0.3 is 15.3 Å². The van der Waals surface area contributed by atoms with Gasteiger partial charge in [0.2, 0.25) is 0 Å². The number of carboxylic acids is 1. The second-order valence-electron chi connectivity index (χ2n) is 8.38. The zero-order valence-corrected chi connectivity index (χ0v) is 18.0. The van der Waals surface area contributed by atoms with Crippen LogP contribution in [0.4, 0.5) is 26.3 Å². The number of hydrogen-bond donors (Lipinski definition) is 2. The maximum atomic E-state index is 13.4. The summed E-state index contributed by atoms with van der Waals surface area (Å²) >= 11 is 0. The van der Waals surface area contributed by atoms with Gasteiger partial charge in [-0.25, -0.2) is 4.79 Å². The number of nitrogens with one attached hydrogen (secondary N) is 1.